The lowest BCUT2D eigenvalue weighted by Crippen LogP contribution is -2.13. The number of hydrogen-bond acceptors (Lipinski definition) is 5. The molecular formula is C16H14N2O3S. The smallest absolute Gasteiger partial charge is 0.277 e. The Hall–Kier alpha value is -2.60. The number of nitrogens with zero attached hydrogens (tertiary/aromatic N) is 1. The first-order valence-electron chi connectivity index (χ1n) is 6.81. The summed E-state index contributed by atoms with van der Waals surface area (Å²) in [4.78, 5) is 13.2. The standard InChI is InChI=1S/C16H14N2O3S/c1-2-20-13-7-4-3-6-11(13)17-16(19)12-10-14(21-18-12)15-8-5-9-22-15/h3-10H,2H2,1H3,(H,17,19). The topological polar surface area (TPSA) is 64.4 Å². The van der Waals surface area contributed by atoms with Gasteiger partial charge >= 0.3 is 0 Å². The number of rotatable bonds is 5. The molecule has 3 aromatic rings. The minimum absolute atomic E-state index is 0.231. The second kappa shape index (κ2) is 6.44. The van der Waals surface area contributed by atoms with Gasteiger partial charge in [-0.1, -0.05) is 23.4 Å². The minimum Gasteiger partial charge on any atom is -0.492 e. The number of amides is 1. The fourth-order valence-corrected chi connectivity index (χ4v) is 2.63. The van der Waals surface area contributed by atoms with Gasteiger partial charge in [0.05, 0.1) is 17.2 Å². The highest BCUT2D eigenvalue weighted by atomic mass is 32.1. The van der Waals surface area contributed by atoms with Crippen molar-refractivity contribution in [3.63, 3.8) is 0 Å². The molecule has 2 heterocycles. The molecule has 5 nitrogen and oxygen atoms in total. The normalized spacial score (nSPS) is 10.4. The van der Waals surface area contributed by atoms with E-state index in [0.29, 0.717) is 23.8 Å². The molecule has 0 radical (unpaired) electrons. The lowest BCUT2D eigenvalue weighted by atomic mass is 10.2. The van der Waals surface area contributed by atoms with Crippen LogP contribution in [0.2, 0.25) is 0 Å². The zero-order chi connectivity index (χ0) is 15.4. The van der Waals surface area contributed by atoms with E-state index < -0.39 is 0 Å². The summed E-state index contributed by atoms with van der Waals surface area (Å²) in [6.45, 7) is 2.42. The maximum absolute atomic E-state index is 12.3. The second-order valence-corrected chi connectivity index (χ2v) is 5.38. The lowest BCUT2D eigenvalue weighted by Gasteiger charge is -2.09. The second-order valence-electron chi connectivity index (χ2n) is 4.44. The summed E-state index contributed by atoms with van der Waals surface area (Å²) < 4.78 is 10.7. The average Bonchev–Trinajstić information content (AvgIpc) is 3.20. The van der Waals surface area contributed by atoms with Crippen LogP contribution in [0.5, 0.6) is 5.75 Å². The van der Waals surface area contributed by atoms with Crippen LogP contribution in [0, 0.1) is 0 Å². The summed E-state index contributed by atoms with van der Waals surface area (Å²) >= 11 is 1.53. The van der Waals surface area contributed by atoms with Crippen molar-refractivity contribution < 1.29 is 14.1 Å². The molecule has 0 aliphatic heterocycles. The molecule has 0 saturated heterocycles. The highest BCUT2D eigenvalue weighted by molar-refractivity contribution is 7.13. The number of aromatic nitrogens is 1. The van der Waals surface area contributed by atoms with E-state index in [1.165, 1.54) is 11.3 Å². The first-order valence-corrected chi connectivity index (χ1v) is 7.69. The Morgan fingerprint density at radius 3 is 2.95 bits per heavy atom. The zero-order valence-electron chi connectivity index (χ0n) is 11.9. The van der Waals surface area contributed by atoms with Crippen LogP contribution in [0.4, 0.5) is 5.69 Å². The number of anilines is 1. The van der Waals surface area contributed by atoms with Crippen LogP contribution in [0.1, 0.15) is 17.4 Å². The monoisotopic (exact) mass is 314 g/mol. The summed E-state index contributed by atoms with van der Waals surface area (Å²) in [5.74, 6) is 0.872. The number of nitrogens with one attached hydrogen (secondary N) is 1. The molecular weight excluding hydrogens is 300 g/mol. The number of carbonyl (C=O) groups is 1. The molecule has 0 fully saturated rings. The predicted octanol–water partition coefficient (Wildman–Crippen LogP) is 4.05. The van der Waals surface area contributed by atoms with Crippen molar-refractivity contribution in [2.24, 2.45) is 0 Å². The number of ether oxygens (including phenoxy) is 1. The fourth-order valence-electron chi connectivity index (χ4n) is 1.95. The Morgan fingerprint density at radius 1 is 1.32 bits per heavy atom. The fraction of sp³-hybridized carbons (Fsp3) is 0.125. The third-order valence-corrected chi connectivity index (χ3v) is 3.83. The summed E-state index contributed by atoms with van der Waals surface area (Å²) in [6.07, 6.45) is 0. The van der Waals surface area contributed by atoms with E-state index in [2.05, 4.69) is 10.5 Å². The van der Waals surface area contributed by atoms with Crippen molar-refractivity contribution in [2.75, 3.05) is 11.9 Å². The van der Waals surface area contributed by atoms with Gasteiger partial charge in [-0.3, -0.25) is 4.79 Å². The largest absolute Gasteiger partial charge is 0.492 e. The van der Waals surface area contributed by atoms with Crippen LogP contribution < -0.4 is 10.1 Å². The van der Waals surface area contributed by atoms with Gasteiger partial charge in [-0.2, -0.15) is 0 Å². The molecule has 0 unspecified atom stereocenters. The Kier molecular flexibility index (Phi) is 4.20. The number of thiophene rings is 1. The molecule has 0 atom stereocenters. The summed E-state index contributed by atoms with van der Waals surface area (Å²) in [5.41, 5.74) is 0.838. The van der Waals surface area contributed by atoms with Gasteiger partial charge in [0.2, 0.25) is 0 Å². The molecule has 1 N–H and O–H groups in total. The Balaban J connectivity index is 1.78. The quantitative estimate of drug-likeness (QED) is 0.771. The molecule has 1 amide bonds. The van der Waals surface area contributed by atoms with Crippen molar-refractivity contribution >= 4 is 22.9 Å². The molecule has 22 heavy (non-hydrogen) atoms. The molecule has 2 aromatic heterocycles. The highest BCUT2D eigenvalue weighted by Gasteiger charge is 2.15. The molecule has 0 bridgehead atoms. The van der Waals surface area contributed by atoms with Gasteiger partial charge in [-0.25, -0.2) is 0 Å². The Labute approximate surface area is 131 Å². The SMILES string of the molecule is CCOc1ccccc1NC(=O)c1cc(-c2cccs2)on1. The van der Waals surface area contributed by atoms with E-state index in [0.717, 1.165) is 4.88 Å². The summed E-state index contributed by atoms with van der Waals surface area (Å²) in [6, 6.07) is 12.7. The van der Waals surface area contributed by atoms with Crippen molar-refractivity contribution in [1.29, 1.82) is 0 Å². The molecule has 0 aliphatic rings. The van der Waals surface area contributed by atoms with Gasteiger partial charge in [-0.05, 0) is 30.5 Å². The van der Waals surface area contributed by atoms with Crippen LogP contribution in [-0.2, 0) is 0 Å². The van der Waals surface area contributed by atoms with Crippen LogP contribution in [0.3, 0.4) is 0 Å². The highest BCUT2D eigenvalue weighted by Crippen LogP contribution is 2.27. The van der Waals surface area contributed by atoms with E-state index in [9.17, 15) is 4.79 Å². The Morgan fingerprint density at radius 2 is 2.18 bits per heavy atom. The number of para-hydroxylation sites is 2. The minimum atomic E-state index is -0.335. The van der Waals surface area contributed by atoms with Gasteiger partial charge < -0.3 is 14.6 Å². The molecule has 1 aromatic carbocycles. The van der Waals surface area contributed by atoms with Crippen molar-refractivity contribution in [2.45, 2.75) is 6.92 Å². The van der Waals surface area contributed by atoms with E-state index in [1.807, 2.05) is 36.6 Å². The van der Waals surface area contributed by atoms with Crippen molar-refractivity contribution in [3.8, 4) is 16.4 Å². The average molecular weight is 314 g/mol. The van der Waals surface area contributed by atoms with Gasteiger partial charge in [-0.15, -0.1) is 11.3 Å². The third-order valence-electron chi connectivity index (χ3n) is 2.94. The van der Waals surface area contributed by atoms with E-state index in [1.54, 1.807) is 18.2 Å². The maximum atomic E-state index is 12.3. The van der Waals surface area contributed by atoms with Crippen molar-refractivity contribution in [3.05, 3.63) is 53.5 Å². The first kappa shape index (κ1) is 14.3. The predicted molar refractivity (Wildman–Crippen MR) is 85.4 cm³/mol. The molecule has 0 aliphatic carbocycles. The van der Waals surface area contributed by atoms with Gasteiger partial charge in [0.25, 0.3) is 5.91 Å². The van der Waals surface area contributed by atoms with Crippen LogP contribution >= 0.6 is 11.3 Å². The molecule has 0 spiro atoms. The summed E-state index contributed by atoms with van der Waals surface area (Å²) in [7, 11) is 0. The summed E-state index contributed by atoms with van der Waals surface area (Å²) in [5, 5.41) is 8.55. The van der Waals surface area contributed by atoms with Gasteiger partial charge in [0, 0.05) is 6.07 Å². The zero-order valence-corrected chi connectivity index (χ0v) is 12.7. The number of carbonyl (C=O) groups excluding carboxylic acids is 1. The Bertz CT molecular complexity index is 765. The molecule has 6 heteroatoms. The van der Waals surface area contributed by atoms with Crippen LogP contribution in [0.15, 0.2) is 52.4 Å². The van der Waals surface area contributed by atoms with Gasteiger partial charge in [0.15, 0.2) is 11.5 Å². The molecule has 3 rings (SSSR count). The van der Waals surface area contributed by atoms with Crippen LogP contribution in [0.25, 0.3) is 10.6 Å². The van der Waals surface area contributed by atoms with Gasteiger partial charge in [0.1, 0.15) is 5.75 Å². The van der Waals surface area contributed by atoms with Crippen LogP contribution in [-0.4, -0.2) is 17.7 Å². The van der Waals surface area contributed by atoms with E-state index >= 15 is 0 Å². The van der Waals surface area contributed by atoms with E-state index in [-0.39, 0.29) is 11.6 Å². The lowest BCUT2D eigenvalue weighted by molar-refractivity contribution is 0.101. The van der Waals surface area contributed by atoms with E-state index in [4.69, 9.17) is 9.26 Å². The molecule has 0 saturated carbocycles. The molecule has 112 valence electrons. The third kappa shape index (κ3) is 3.01. The number of hydrogen-bond donors (Lipinski definition) is 1. The first-order chi connectivity index (χ1) is 10.8. The maximum Gasteiger partial charge on any atom is 0.277 e. The van der Waals surface area contributed by atoms with Crippen molar-refractivity contribution in [1.82, 2.24) is 5.16 Å². The number of benzene rings is 1.